The first-order valence-electron chi connectivity index (χ1n) is 7.76. The second kappa shape index (κ2) is 7.03. The van der Waals surface area contributed by atoms with Crippen LogP contribution >= 0.6 is 11.3 Å². The zero-order valence-electron chi connectivity index (χ0n) is 14.3. The molecule has 1 N–H and O–H groups in total. The summed E-state index contributed by atoms with van der Waals surface area (Å²) in [4.78, 5) is 1.85. The van der Waals surface area contributed by atoms with Crippen molar-refractivity contribution in [2.45, 2.75) is 25.3 Å². The molecule has 1 aromatic heterocycles. The molecular formula is C14H15F3N6O2S2. The van der Waals surface area contributed by atoms with E-state index in [0.29, 0.717) is 23.7 Å². The molecule has 27 heavy (non-hydrogen) atoms. The Labute approximate surface area is 157 Å². The molecule has 2 heterocycles. The van der Waals surface area contributed by atoms with E-state index in [2.05, 4.69) is 20.4 Å². The van der Waals surface area contributed by atoms with E-state index in [9.17, 15) is 21.6 Å². The van der Waals surface area contributed by atoms with E-state index < -0.39 is 15.5 Å². The van der Waals surface area contributed by atoms with E-state index in [-0.39, 0.29) is 16.5 Å². The van der Waals surface area contributed by atoms with E-state index in [4.69, 9.17) is 0 Å². The first kappa shape index (κ1) is 19.5. The summed E-state index contributed by atoms with van der Waals surface area (Å²) in [7, 11) is -3.81. The molecule has 1 aliphatic rings. The van der Waals surface area contributed by atoms with E-state index in [1.54, 1.807) is 18.7 Å². The van der Waals surface area contributed by atoms with Gasteiger partial charge < -0.3 is 4.90 Å². The van der Waals surface area contributed by atoms with Crippen molar-refractivity contribution in [1.29, 1.82) is 0 Å². The summed E-state index contributed by atoms with van der Waals surface area (Å²) in [6.45, 7) is 2.43. The van der Waals surface area contributed by atoms with Crippen molar-refractivity contribution < 1.29 is 21.6 Å². The zero-order chi connectivity index (χ0) is 19.8. The number of nitrogens with one attached hydrogen (secondary N) is 1. The fourth-order valence-electron chi connectivity index (χ4n) is 2.59. The van der Waals surface area contributed by atoms with Gasteiger partial charge in [-0.25, -0.2) is 0 Å². The number of sulfonamides is 1. The van der Waals surface area contributed by atoms with Crippen LogP contribution in [0.4, 0.5) is 35.4 Å². The minimum atomic E-state index is -5.59. The lowest BCUT2D eigenvalue weighted by atomic mass is 10.0. The fraction of sp³-hybridized carbons (Fsp3) is 0.429. The highest BCUT2D eigenvalue weighted by Crippen LogP contribution is 2.39. The van der Waals surface area contributed by atoms with Crippen molar-refractivity contribution in [2.75, 3.05) is 23.2 Å². The van der Waals surface area contributed by atoms with Crippen LogP contribution in [0.2, 0.25) is 0 Å². The molecular weight excluding hydrogens is 405 g/mol. The molecule has 0 radical (unpaired) electrons. The summed E-state index contributed by atoms with van der Waals surface area (Å²) in [6, 6.07) is 2.88. The zero-order valence-corrected chi connectivity index (χ0v) is 15.9. The molecule has 0 unspecified atom stereocenters. The van der Waals surface area contributed by atoms with Gasteiger partial charge in [0, 0.05) is 19.3 Å². The van der Waals surface area contributed by atoms with Crippen molar-refractivity contribution in [3.05, 3.63) is 22.7 Å². The molecule has 8 nitrogen and oxygen atoms in total. The summed E-state index contributed by atoms with van der Waals surface area (Å²) in [5.74, 6) is 0. The van der Waals surface area contributed by atoms with Gasteiger partial charge in [-0.3, -0.25) is 4.72 Å². The molecule has 146 valence electrons. The van der Waals surface area contributed by atoms with Crippen LogP contribution in [0.3, 0.4) is 0 Å². The quantitative estimate of drug-likeness (QED) is 0.756. The second-order valence-electron chi connectivity index (χ2n) is 5.88. The number of alkyl halides is 3. The van der Waals surface area contributed by atoms with Gasteiger partial charge in [-0.15, -0.1) is 20.4 Å². The van der Waals surface area contributed by atoms with Gasteiger partial charge in [0.05, 0.1) is 5.69 Å². The second-order valence-corrected chi connectivity index (χ2v) is 8.71. The number of hydrogen-bond donors (Lipinski definition) is 1. The number of azo groups is 1. The molecule has 2 aromatic rings. The lowest BCUT2D eigenvalue weighted by Crippen LogP contribution is -2.30. The lowest BCUT2D eigenvalue weighted by Gasteiger charge is -2.28. The van der Waals surface area contributed by atoms with Gasteiger partial charge in [0.25, 0.3) is 5.13 Å². The maximum atomic E-state index is 12.8. The molecule has 3 rings (SSSR count). The van der Waals surface area contributed by atoms with Gasteiger partial charge >= 0.3 is 15.5 Å². The Bertz CT molecular complexity index is 987. The Kier molecular flexibility index (Phi) is 5.08. The molecule has 0 saturated carbocycles. The van der Waals surface area contributed by atoms with Gasteiger partial charge in [-0.2, -0.15) is 21.6 Å². The number of halogens is 3. The average molecular weight is 420 g/mol. The number of anilines is 2. The smallest absolute Gasteiger partial charge is 0.374 e. The largest absolute Gasteiger partial charge is 0.516 e. The molecule has 0 amide bonds. The number of hydrogen-bond acceptors (Lipinski definition) is 8. The maximum absolute atomic E-state index is 12.8. The van der Waals surface area contributed by atoms with Crippen LogP contribution in [0.5, 0.6) is 0 Å². The summed E-state index contributed by atoms with van der Waals surface area (Å²) >= 11 is 1.15. The van der Waals surface area contributed by atoms with Crippen LogP contribution in [0, 0.1) is 6.92 Å². The summed E-state index contributed by atoms with van der Waals surface area (Å²) < 4.78 is 63.1. The first-order chi connectivity index (χ1) is 12.6. The summed E-state index contributed by atoms with van der Waals surface area (Å²) in [5.41, 5.74) is -4.28. The third-order valence-electron chi connectivity index (χ3n) is 3.86. The first-order valence-corrected chi connectivity index (χ1v) is 10.1. The average Bonchev–Trinajstić information content (AvgIpc) is 2.98. The standard InChI is InChI=1S/C14H15F3N6O2S2/c1-8-18-20-13(26-8)21-19-10-6-9-4-3-5-23(2)12(9)7-11(10)22-27(24,25)14(15,16)17/h6-7,22H,3-5H2,1-2H3. The SMILES string of the molecule is Cc1nnc(N=Nc2cc3c(cc2NS(=O)(=O)C(F)(F)F)N(C)CCC3)s1. The highest BCUT2D eigenvalue weighted by molar-refractivity contribution is 7.93. The van der Waals surface area contributed by atoms with Crippen molar-refractivity contribution >= 4 is 43.6 Å². The molecule has 0 spiro atoms. The van der Waals surface area contributed by atoms with Crippen molar-refractivity contribution in [2.24, 2.45) is 10.2 Å². The van der Waals surface area contributed by atoms with E-state index in [1.807, 2.05) is 4.90 Å². The Hall–Kier alpha value is -2.28. The molecule has 0 aliphatic carbocycles. The highest BCUT2D eigenvalue weighted by Gasteiger charge is 2.46. The van der Waals surface area contributed by atoms with E-state index in [0.717, 1.165) is 23.3 Å². The molecule has 0 bridgehead atoms. The molecule has 0 saturated heterocycles. The molecule has 0 fully saturated rings. The van der Waals surface area contributed by atoms with Crippen molar-refractivity contribution in [3.63, 3.8) is 0 Å². The minimum Gasteiger partial charge on any atom is -0.374 e. The van der Waals surface area contributed by atoms with Gasteiger partial charge in [-0.1, -0.05) is 11.3 Å². The summed E-state index contributed by atoms with van der Waals surface area (Å²) in [5, 5.41) is 16.2. The predicted octanol–water partition coefficient (Wildman–Crippen LogP) is 3.91. The number of fused-ring (bicyclic) bond motifs is 1. The predicted molar refractivity (Wildman–Crippen MR) is 95.5 cm³/mol. The Balaban J connectivity index is 2.05. The molecule has 0 atom stereocenters. The van der Waals surface area contributed by atoms with Gasteiger partial charge in [0.15, 0.2) is 0 Å². The van der Waals surface area contributed by atoms with Crippen molar-refractivity contribution in [3.8, 4) is 0 Å². The number of nitrogens with zero attached hydrogens (tertiary/aromatic N) is 5. The van der Waals surface area contributed by atoms with Crippen LogP contribution in [-0.4, -0.2) is 37.7 Å². The monoisotopic (exact) mass is 420 g/mol. The number of aryl methyl sites for hydroxylation is 2. The van der Waals surface area contributed by atoms with Gasteiger partial charge in [0.1, 0.15) is 10.7 Å². The van der Waals surface area contributed by atoms with E-state index in [1.165, 1.54) is 12.1 Å². The van der Waals surface area contributed by atoms with Gasteiger partial charge in [-0.05, 0) is 37.5 Å². The number of rotatable bonds is 4. The Morgan fingerprint density at radius 2 is 2.00 bits per heavy atom. The van der Waals surface area contributed by atoms with Crippen LogP contribution in [-0.2, 0) is 16.4 Å². The Morgan fingerprint density at radius 1 is 1.26 bits per heavy atom. The number of benzene rings is 1. The summed E-state index contributed by atoms with van der Waals surface area (Å²) in [6.07, 6.45) is 1.57. The topological polar surface area (TPSA) is 99.9 Å². The molecule has 13 heteroatoms. The fourth-order valence-corrected chi connectivity index (χ4v) is 3.67. The maximum Gasteiger partial charge on any atom is 0.516 e. The van der Waals surface area contributed by atoms with Crippen LogP contribution in [0.1, 0.15) is 17.0 Å². The minimum absolute atomic E-state index is 0.0234. The van der Waals surface area contributed by atoms with E-state index >= 15 is 0 Å². The van der Waals surface area contributed by atoms with Gasteiger partial charge in [0.2, 0.25) is 0 Å². The third-order valence-corrected chi connectivity index (χ3v) is 5.68. The Morgan fingerprint density at radius 3 is 2.63 bits per heavy atom. The third kappa shape index (κ3) is 4.18. The lowest BCUT2D eigenvalue weighted by molar-refractivity contribution is -0.0429. The molecule has 1 aromatic carbocycles. The molecule has 1 aliphatic heterocycles. The normalized spacial score (nSPS) is 15.2. The van der Waals surface area contributed by atoms with Crippen molar-refractivity contribution in [1.82, 2.24) is 10.2 Å². The van der Waals surface area contributed by atoms with Crippen LogP contribution < -0.4 is 9.62 Å². The highest BCUT2D eigenvalue weighted by atomic mass is 32.2. The van der Waals surface area contributed by atoms with Crippen LogP contribution in [0.25, 0.3) is 0 Å². The van der Waals surface area contributed by atoms with Crippen LogP contribution in [0.15, 0.2) is 22.4 Å². The number of aromatic nitrogens is 2.